The van der Waals surface area contributed by atoms with Gasteiger partial charge in [0.15, 0.2) is 0 Å². The van der Waals surface area contributed by atoms with Gasteiger partial charge in [-0.1, -0.05) is 35.9 Å². The summed E-state index contributed by atoms with van der Waals surface area (Å²) < 4.78 is 1.98. The van der Waals surface area contributed by atoms with Crippen molar-refractivity contribution in [3.05, 3.63) is 93.7 Å². The SMILES string of the molecule is O=C(NCc1ncc2ccccn12)C(Cc1cccs1)c1ccc(Cl)cc1. The van der Waals surface area contributed by atoms with Gasteiger partial charge in [-0.2, -0.15) is 0 Å². The third-order valence-corrected chi connectivity index (χ3v) is 5.66. The van der Waals surface area contributed by atoms with Crippen LogP contribution < -0.4 is 5.32 Å². The largest absolute Gasteiger partial charge is 0.348 e. The van der Waals surface area contributed by atoms with Crippen LogP contribution in [0.25, 0.3) is 5.52 Å². The minimum Gasteiger partial charge on any atom is -0.348 e. The highest BCUT2D eigenvalue weighted by Gasteiger charge is 2.22. The standard InChI is InChI=1S/C21H18ClN3OS/c22-16-8-6-15(7-9-16)19(12-18-5-3-11-27-18)21(26)24-14-20-23-13-17-4-1-2-10-25(17)20/h1-11,13,19H,12,14H2,(H,24,26). The molecule has 1 aromatic carbocycles. The molecule has 4 nitrogen and oxygen atoms in total. The molecule has 0 aliphatic heterocycles. The van der Waals surface area contributed by atoms with E-state index in [1.54, 1.807) is 11.3 Å². The second-order valence-electron chi connectivity index (χ2n) is 6.28. The number of halogens is 1. The first-order valence-electron chi connectivity index (χ1n) is 8.67. The van der Waals surface area contributed by atoms with Crippen molar-refractivity contribution in [2.45, 2.75) is 18.9 Å². The van der Waals surface area contributed by atoms with Crippen LogP contribution in [0.2, 0.25) is 5.02 Å². The van der Waals surface area contributed by atoms with E-state index in [9.17, 15) is 4.79 Å². The van der Waals surface area contributed by atoms with Crippen molar-refractivity contribution in [1.82, 2.24) is 14.7 Å². The van der Waals surface area contributed by atoms with Gasteiger partial charge in [0.1, 0.15) is 5.82 Å². The first-order chi connectivity index (χ1) is 13.2. The molecule has 1 atom stereocenters. The normalized spacial score (nSPS) is 12.2. The Balaban J connectivity index is 1.53. The fourth-order valence-electron chi connectivity index (χ4n) is 3.11. The topological polar surface area (TPSA) is 46.4 Å². The molecule has 1 amide bonds. The molecule has 0 aliphatic rings. The van der Waals surface area contributed by atoms with E-state index < -0.39 is 0 Å². The number of benzene rings is 1. The Morgan fingerprint density at radius 1 is 1.15 bits per heavy atom. The number of carbonyl (C=O) groups is 1. The Hall–Kier alpha value is -2.63. The smallest absolute Gasteiger partial charge is 0.228 e. The zero-order valence-electron chi connectivity index (χ0n) is 14.5. The van der Waals surface area contributed by atoms with Crippen molar-refractivity contribution in [1.29, 1.82) is 0 Å². The quantitative estimate of drug-likeness (QED) is 0.514. The summed E-state index contributed by atoms with van der Waals surface area (Å²) in [4.78, 5) is 18.6. The predicted octanol–water partition coefficient (Wildman–Crippen LogP) is 4.69. The van der Waals surface area contributed by atoms with Crippen LogP contribution in [-0.4, -0.2) is 15.3 Å². The molecule has 27 heavy (non-hydrogen) atoms. The lowest BCUT2D eigenvalue weighted by Gasteiger charge is -2.17. The molecule has 0 spiro atoms. The predicted molar refractivity (Wildman–Crippen MR) is 109 cm³/mol. The Labute approximate surface area is 166 Å². The maximum Gasteiger partial charge on any atom is 0.228 e. The summed E-state index contributed by atoms with van der Waals surface area (Å²) in [6, 6.07) is 17.5. The molecule has 6 heteroatoms. The first kappa shape index (κ1) is 17.8. The van der Waals surface area contributed by atoms with Gasteiger partial charge in [-0.15, -0.1) is 11.3 Å². The highest BCUT2D eigenvalue weighted by Crippen LogP contribution is 2.25. The van der Waals surface area contributed by atoms with Gasteiger partial charge in [0.2, 0.25) is 5.91 Å². The maximum atomic E-state index is 13.0. The monoisotopic (exact) mass is 395 g/mol. The molecule has 4 aromatic rings. The number of aromatic nitrogens is 2. The van der Waals surface area contributed by atoms with E-state index in [-0.39, 0.29) is 11.8 Å². The van der Waals surface area contributed by atoms with E-state index in [1.165, 1.54) is 4.88 Å². The molecule has 1 unspecified atom stereocenters. The summed E-state index contributed by atoms with van der Waals surface area (Å²) >= 11 is 7.68. The summed E-state index contributed by atoms with van der Waals surface area (Å²) in [5.41, 5.74) is 1.97. The molecular formula is C21H18ClN3OS. The summed E-state index contributed by atoms with van der Waals surface area (Å²) in [6.07, 6.45) is 4.42. The third kappa shape index (κ3) is 4.04. The molecule has 0 saturated heterocycles. The number of hydrogen-bond donors (Lipinski definition) is 1. The van der Waals surface area contributed by atoms with Crippen LogP contribution >= 0.6 is 22.9 Å². The molecule has 0 saturated carbocycles. The van der Waals surface area contributed by atoms with Crippen LogP contribution in [0, 0.1) is 0 Å². The van der Waals surface area contributed by atoms with Crippen LogP contribution in [0.5, 0.6) is 0 Å². The highest BCUT2D eigenvalue weighted by atomic mass is 35.5. The average Bonchev–Trinajstić information content (AvgIpc) is 3.35. The van der Waals surface area contributed by atoms with Crippen molar-refractivity contribution < 1.29 is 4.79 Å². The van der Waals surface area contributed by atoms with Crippen molar-refractivity contribution in [2.75, 3.05) is 0 Å². The number of fused-ring (bicyclic) bond motifs is 1. The van der Waals surface area contributed by atoms with Crippen LogP contribution in [0.4, 0.5) is 0 Å². The number of imidazole rings is 1. The minimum absolute atomic E-state index is 0.0154. The Bertz CT molecular complexity index is 1040. The molecule has 4 rings (SSSR count). The molecule has 1 N–H and O–H groups in total. The number of amides is 1. The molecule has 136 valence electrons. The number of nitrogens with one attached hydrogen (secondary N) is 1. The minimum atomic E-state index is -0.271. The number of carbonyl (C=O) groups excluding carboxylic acids is 1. The Morgan fingerprint density at radius 3 is 2.78 bits per heavy atom. The van der Waals surface area contributed by atoms with Gasteiger partial charge < -0.3 is 9.72 Å². The summed E-state index contributed by atoms with van der Waals surface area (Å²) in [5.74, 6) is 0.524. The number of thiophene rings is 1. The third-order valence-electron chi connectivity index (χ3n) is 4.51. The van der Waals surface area contributed by atoms with E-state index >= 15 is 0 Å². The van der Waals surface area contributed by atoms with E-state index in [1.807, 2.05) is 70.7 Å². The van der Waals surface area contributed by atoms with Crippen molar-refractivity contribution in [2.24, 2.45) is 0 Å². The molecule has 3 aromatic heterocycles. The molecular weight excluding hydrogens is 378 g/mol. The zero-order valence-corrected chi connectivity index (χ0v) is 16.1. The first-order valence-corrected chi connectivity index (χ1v) is 9.93. The number of nitrogens with zero attached hydrogens (tertiary/aromatic N) is 2. The van der Waals surface area contributed by atoms with Gasteiger partial charge in [0, 0.05) is 16.1 Å². The number of rotatable bonds is 6. The lowest BCUT2D eigenvalue weighted by Crippen LogP contribution is -2.30. The molecule has 3 heterocycles. The summed E-state index contributed by atoms with van der Waals surface area (Å²) in [5, 5.41) is 5.75. The Morgan fingerprint density at radius 2 is 2.00 bits per heavy atom. The van der Waals surface area contributed by atoms with Crippen LogP contribution in [0.1, 0.15) is 22.2 Å². The van der Waals surface area contributed by atoms with E-state index in [0.717, 1.165) is 16.9 Å². The average molecular weight is 396 g/mol. The molecule has 0 aliphatic carbocycles. The number of hydrogen-bond acceptors (Lipinski definition) is 3. The van der Waals surface area contributed by atoms with Crippen molar-refractivity contribution >= 4 is 34.4 Å². The van der Waals surface area contributed by atoms with Crippen LogP contribution in [-0.2, 0) is 17.8 Å². The lowest BCUT2D eigenvalue weighted by atomic mass is 9.94. The molecule has 0 radical (unpaired) electrons. The number of pyridine rings is 1. The van der Waals surface area contributed by atoms with Crippen LogP contribution in [0.3, 0.4) is 0 Å². The fraction of sp³-hybridized carbons (Fsp3) is 0.143. The molecule has 0 fully saturated rings. The highest BCUT2D eigenvalue weighted by molar-refractivity contribution is 7.09. The second kappa shape index (κ2) is 7.94. The Kier molecular flexibility index (Phi) is 5.23. The van der Waals surface area contributed by atoms with Gasteiger partial charge in [-0.05, 0) is 47.7 Å². The maximum absolute atomic E-state index is 13.0. The lowest BCUT2D eigenvalue weighted by molar-refractivity contribution is -0.122. The van der Waals surface area contributed by atoms with Gasteiger partial charge >= 0.3 is 0 Å². The summed E-state index contributed by atoms with van der Waals surface area (Å²) in [6.45, 7) is 0.380. The molecule has 0 bridgehead atoms. The van der Waals surface area contributed by atoms with Crippen molar-refractivity contribution in [3.8, 4) is 0 Å². The van der Waals surface area contributed by atoms with E-state index in [2.05, 4.69) is 16.4 Å². The summed E-state index contributed by atoms with van der Waals surface area (Å²) in [7, 11) is 0. The second-order valence-corrected chi connectivity index (χ2v) is 7.74. The van der Waals surface area contributed by atoms with Crippen LogP contribution in [0.15, 0.2) is 72.4 Å². The van der Waals surface area contributed by atoms with Gasteiger partial charge in [0.05, 0.1) is 24.2 Å². The van der Waals surface area contributed by atoms with Gasteiger partial charge in [0.25, 0.3) is 0 Å². The van der Waals surface area contributed by atoms with Crippen molar-refractivity contribution in [3.63, 3.8) is 0 Å². The van der Waals surface area contributed by atoms with Gasteiger partial charge in [-0.3, -0.25) is 4.79 Å². The van der Waals surface area contributed by atoms with E-state index in [0.29, 0.717) is 18.0 Å². The van der Waals surface area contributed by atoms with E-state index in [4.69, 9.17) is 11.6 Å². The van der Waals surface area contributed by atoms with Gasteiger partial charge in [-0.25, -0.2) is 4.98 Å². The fourth-order valence-corrected chi connectivity index (χ4v) is 3.98. The zero-order chi connectivity index (χ0) is 18.6.